The van der Waals surface area contributed by atoms with E-state index in [1.807, 2.05) is 0 Å². The van der Waals surface area contributed by atoms with Gasteiger partial charge in [0.05, 0.1) is 0 Å². The van der Waals surface area contributed by atoms with Crippen LogP contribution in [0.1, 0.15) is 29.6 Å². The van der Waals surface area contributed by atoms with Crippen molar-refractivity contribution < 1.29 is 17.6 Å². The van der Waals surface area contributed by atoms with Crippen LogP contribution in [0.2, 0.25) is 0 Å². The van der Waals surface area contributed by atoms with Crippen molar-refractivity contribution in [3.05, 3.63) is 42.2 Å². The van der Waals surface area contributed by atoms with Crippen molar-refractivity contribution in [2.75, 3.05) is 19.6 Å². The van der Waals surface area contributed by atoms with E-state index >= 15 is 0 Å². The third kappa shape index (κ3) is 3.53. The first kappa shape index (κ1) is 16.6. The number of carbonyl (C=O) groups is 1. The highest BCUT2D eigenvalue weighted by Gasteiger charge is 2.29. The number of sulfonamides is 1. The third-order valence-electron chi connectivity index (χ3n) is 3.53. The molecule has 0 aliphatic carbocycles. The van der Waals surface area contributed by atoms with E-state index in [2.05, 4.69) is 11.9 Å². The monoisotopic (exact) mass is 326 g/mol. The summed E-state index contributed by atoms with van der Waals surface area (Å²) in [6.07, 6.45) is 4.01. The van der Waals surface area contributed by atoms with Crippen LogP contribution in [-0.2, 0) is 10.0 Å². The van der Waals surface area contributed by atoms with Crippen LogP contribution in [0.25, 0.3) is 0 Å². The van der Waals surface area contributed by atoms with Gasteiger partial charge < -0.3 is 5.32 Å². The Bertz CT molecular complexity index is 667. The van der Waals surface area contributed by atoms with Crippen LogP contribution in [0.4, 0.5) is 4.39 Å². The van der Waals surface area contributed by atoms with Gasteiger partial charge in [-0.05, 0) is 31.0 Å². The minimum atomic E-state index is -3.91. The molecular formula is C15H19FN2O3S. The average molecular weight is 326 g/mol. The van der Waals surface area contributed by atoms with Gasteiger partial charge in [0.2, 0.25) is 10.0 Å². The van der Waals surface area contributed by atoms with E-state index in [1.165, 1.54) is 16.4 Å². The number of rotatable bonds is 5. The third-order valence-corrected chi connectivity index (χ3v) is 5.45. The Morgan fingerprint density at radius 1 is 1.32 bits per heavy atom. The number of piperidine rings is 1. The molecule has 1 aliphatic heterocycles. The van der Waals surface area contributed by atoms with E-state index in [4.69, 9.17) is 0 Å². The minimum Gasteiger partial charge on any atom is -0.349 e. The average Bonchev–Trinajstić information content (AvgIpc) is 2.53. The molecule has 1 aliphatic rings. The summed E-state index contributed by atoms with van der Waals surface area (Å²) in [5.74, 6) is -1.30. The van der Waals surface area contributed by atoms with Crippen LogP contribution in [-0.4, -0.2) is 38.3 Å². The summed E-state index contributed by atoms with van der Waals surface area (Å²) in [5.41, 5.74) is 0.110. The molecule has 1 aromatic carbocycles. The van der Waals surface area contributed by atoms with Crippen LogP contribution in [0, 0.1) is 5.82 Å². The van der Waals surface area contributed by atoms with Gasteiger partial charge in [-0.2, -0.15) is 4.31 Å². The molecule has 7 heteroatoms. The molecule has 1 amide bonds. The molecule has 120 valence electrons. The van der Waals surface area contributed by atoms with E-state index in [1.54, 1.807) is 0 Å². The van der Waals surface area contributed by atoms with Gasteiger partial charge in [0.15, 0.2) is 0 Å². The predicted molar refractivity (Wildman–Crippen MR) is 81.5 cm³/mol. The molecule has 0 radical (unpaired) electrons. The van der Waals surface area contributed by atoms with Crippen molar-refractivity contribution >= 4 is 15.9 Å². The zero-order chi connectivity index (χ0) is 16.2. The maximum Gasteiger partial charge on any atom is 0.251 e. The lowest BCUT2D eigenvalue weighted by Crippen LogP contribution is -2.36. The topological polar surface area (TPSA) is 66.5 Å². The number of benzene rings is 1. The zero-order valence-electron chi connectivity index (χ0n) is 12.2. The highest BCUT2D eigenvalue weighted by molar-refractivity contribution is 7.89. The summed E-state index contributed by atoms with van der Waals surface area (Å²) >= 11 is 0. The Morgan fingerprint density at radius 3 is 2.64 bits per heavy atom. The van der Waals surface area contributed by atoms with Crippen molar-refractivity contribution in [1.29, 1.82) is 0 Å². The molecule has 1 aromatic rings. The predicted octanol–water partition coefficient (Wildman–Crippen LogP) is 1.92. The second kappa shape index (κ2) is 7.02. The normalized spacial score (nSPS) is 16.2. The molecule has 22 heavy (non-hydrogen) atoms. The molecule has 1 heterocycles. The lowest BCUT2D eigenvalue weighted by Gasteiger charge is -2.26. The van der Waals surface area contributed by atoms with Gasteiger partial charge in [0.25, 0.3) is 5.91 Å². The lowest BCUT2D eigenvalue weighted by molar-refractivity contribution is 0.0957. The first-order valence-corrected chi connectivity index (χ1v) is 8.59. The molecule has 1 fully saturated rings. The number of amides is 1. The van der Waals surface area contributed by atoms with E-state index < -0.39 is 26.6 Å². The fraction of sp³-hybridized carbons (Fsp3) is 0.400. The van der Waals surface area contributed by atoms with Crippen molar-refractivity contribution in [1.82, 2.24) is 9.62 Å². The van der Waals surface area contributed by atoms with E-state index in [0.29, 0.717) is 13.1 Å². The molecule has 0 spiro atoms. The fourth-order valence-corrected chi connectivity index (χ4v) is 3.96. The first-order chi connectivity index (χ1) is 10.5. The van der Waals surface area contributed by atoms with Gasteiger partial charge >= 0.3 is 0 Å². The summed E-state index contributed by atoms with van der Waals surface area (Å²) < 4.78 is 40.3. The van der Waals surface area contributed by atoms with Crippen LogP contribution in [0.3, 0.4) is 0 Å². The molecule has 1 N–H and O–H groups in total. The van der Waals surface area contributed by atoms with Crippen LogP contribution in [0.15, 0.2) is 35.7 Å². The van der Waals surface area contributed by atoms with Gasteiger partial charge in [-0.15, -0.1) is 6.58 Å². The molecule has 0 bridgehead atoms. The zero-order valence-corrected chi connectivity index (χ0v) is 13.0. The largest absolute Gasteiger partial charge is 0.349 e. The molecule has 1 saturated heterocycles. The Kier molecular flexibility index (Phi) is 5.31. The van der Waals surface area contributed by atoms with E-state index in [0.717, 1.165) is 31.4 Å². The lowest BCUT2D eigenvalue weighted by atomic mass is 10.2. The molecule has 2 rings (SSSR count). The molecule has 0 unspecified atom stereocenters. The van der Waals surface area contributed by atoms with Crippen LogP contribution in [0.5, 0.6) is 0 Å². The van der Waals surface area contributed by atoms with Gasteiger partial charge in [-0.25, -0.2) is 12.8 Å². The van der Waals surface area contributed by atoms with Gasteiger partial charge in [-0.3, -0.25) is 4.79 Å². The summed E-state index contributed by atoms with van der Waals surface area (Å²) in [5, 5.41) is 2.54. The maximum atomic E-state index is 14.0. The molecule has 0 saturated carbocycles. The Balaban J connectivity index is 2.33. The van der Waals surface area contributed by atoms with Crippen LogP contribution < -0.4 is 5.32 Å². The highest BCUT2D eigenvalue weighted by atomic mass is 32.2. The number of hydrogen-bond donors (Lipinski definition) is 1. The van der Waals surface area contributed by atoms with Crippen molar-refractivity contribution in [3.63, 3.8) is 0 Å². The molecular weight excluding hydrogens is 307 g/mol. The Hall–Kier alpha value is -1.73. The van der Waals surface area contributed by atoms with Gasteiger partial charge in [-0.1, -0.05) is 12.5 Å². The van der Waals surface area contributed by atoms with Crippen molar-refractivity contribution in [2.24, 2.45) is 0 Å². The van der Waals surface area contributed by atoms with Crippen LogP contribution >= 0.6 is 0 Å². The first-order valence-electron chi connectivity index (χ1n) is 7.15. The number of halogens is 1. The van der Waals surface area contributed by atoms with Crippen molar-refractivity contribution in [3.8, 4) is 0 Å². The SMILES string of the molecule is C=CCNC(=O)c1ccc(F)c(S(=O)(=O)N2CCCCC2)c1. The number of nitrogens with zero attached hydrogens (tertiary/aromatic N) is 1. The number of nitrogens with one attached hydrogen (secondary N) is 1. The summed E-state index contributed by atoms with van der Waals surface area (Å²) in [4.78, 5) is 11.4. The van der Waals surface area contributed by atoms with E-state index in [-0.39, 0.29) is 12.1 Å². The van der Waals surface area contributed by atoms with Gasteiger partial charge in [0.1, 0.15) is 10.7 Å². The fourth-order valence-electron chi connectivity index (χ4n) is 2.35. The summed E-state index contributed by atoms with van der Waals surface area (Å²) in [6.45, 7) is 4.50. The second-order valence-electron chi connectivity index (χ2n) is 5.11. The smallest absolute Gasteiger partial charge is 0.251 e. The Morgan fingerprint density at radius 2 is 2.00 bits per heavy atom. The Labute approximate surface area is 129 Å². The highest BCUT2D eigenvalue weighted by Crippen LogP contribution is 2.23. The molecule has 5 nitrogen and oxygen atoms in total. The number of carbonyl (C=O) groups excluding carboxylic acids is 1. The standard InChI is InChI=1S/C15H19FN2O3S/c1-2-8-17-15(19)12-6-7-13(16)14(11-12)22(20,21)18-9-4-3-5-10-18/h2,6-7,11H,1,3-5,8-10H2,(H,17,19). The second-order valence-corrected chi connectivity index (χ2v) is 7.02. The van der Waals surface area contributed by atoms with Gasteiger partial charge in [0, 0.05) is 25.2 Å². The maximum absolute atomic E-state index is 14.0. The minimum absolute atomic E-state index is 0.110. The molecule has 0 aromatic heterocycles. The van der Waals surface area contributed by atoms with Crippen molar-refractivity contribution in [2.45, 2.75) is 24.2 Å². The summed E-state index contributed by atoms with van der Waals surface area (Å²) in [6, 6.07) is 3.38. The summed E-state index contributed by atoms with van der Waals surface area (Å²) in [7, 11) is -3.91. The number of hydrogen-bond acceptors (Lipinski definition) is 3. The van der Waals surface area contributed by atoms with E-state index in [9.17, 15) is 17.6 Å². The molecule has 0 atom stereocenters. The quantitative estimate of drug-likeness (QED) is 0.841.